The van der Waals surface area contributed by atoms with Crippen LogP contribution >= 0.6 is 24.8 Å². The molecule has 1 aliphatic rings. The summed E-state index contributed by atoms with van der Waals surface area (Å²) in [5, 5.41) is 7.03. The second-order valence-electron chi connectivity index (χ2n) is 5.15. The van der Waals surface area contributed by atoms with Crippen molar-refractivity contribution in [1.82, 2.24) is 25.1 Å². The Bertz CT molecular complexity index is 668. The van der Waals surface area contributed by atoms with Crippen molar-refractivity contribution in [3.05, 3.63) is 18.3 Å². The zero-order valence-electron chi connectivity index (χ0n) is 12.9. The van der Waals surface area contributed by atoms with E-state index in [4.69, 9.17) is 5.73 Å². The van der Waals surface area contributed by atoms with Crippen molar-refractivity contribution in [2.75, 3.05) is 30.8 Å². The monoisotopic (exact) mass is 381 g/mol. The van der Waals surface area contributed by atoms with Crippen molar-refractivity contribution in [2.24, 2.45) is 0 Å². The molecule has 2 aromatic heterocycles. The molecule has 11 heteroatoms. The highest BCUT2D eigenvalue weighted by Crippen LogP contribution is 2.25. The predicted molar refractivity (Wildman–Crippen MR) is 93.1 cm³/mol. The summed E-state index contributed by atoms with van der Waals surface area (Å²) in [4.78, 5) is 10.4. The van der Waals surface area contributed by atoms with E-state index in [0.717, 1.165) is 19.5 Å². The van der Waals surface area contributed by atoms with E-state index in [1.54, 1.807) is 6.07 Å². The van der Waals surface area contributed by atoms with Crippen LogP contribution in [0.3, 0.4) is 0 Å². The highest BCUT2D eigenvalue weighted by atomic mass is 35.5. The summed E-state index contributed by atoms with van der Waals surface area (Å²) < 4.78 is 25.8. The predicted octanol–water partition coefficient (Wildman–Crippen LogP) is 1.96. The standard InChI is InChI=1S/C13H17F2N7.2ClH/c1-17-8-2-4-21(7-8)11-6-10(18-13(16)19-11)9-3-5-22(20-9)12(14)15;;/h3,5-6,8,12,17H,2,4,7H2,1H3,(H2,16,18,19);2*1H. The average molecular weight is 382 g/mol. The van der Waals surface area contributed by atoms with Crippen molar-refractivity contribution in [3.8, 4) is 11.4 Å². The Kier molecular flexibility index (Phi) is 7.12. The minimum absolute atomic E-state index is 0. The number of aromatic nitrogens is 4. The van der Waals surface area contributed by atoms with Gasteiger partial charge in [-0.15, -0.1) is 24.8 Å². The minimum atomic E-state index is -2.68. The molecule has 1 saturated heterocycles. The van der Waals surface area contributed by atoms with Gasteiger partial charge in [-0.3, -0.25) is 0 Å². The number of halogens is 4. The fourth-order valence-electron chi connectivity index (χ4n) is 2.53. The summed E-state index contributed by atoms with van der Waals surface area (Å²) in [7, 11) is 1.92. The molecule has 1 atom stereocenters. The minimum Gasteiger partial charge on any atom is -0.368 e. The molecule has 7 nitrogen and oxygen atoms in total. The first kappa shape index (κ1) is 20.3. The number of nitrogens with one attached hydrogen (secondary N) is 1. The van der Waals surface area contributed by atoms with Crippen LogP contribution in [-0.4, -0.2) is 45.9 Å². The van der Waals surface area contributed by atoms with E-state index < -0.39 is 6.55 Å². The summed E-state index contributed by atoms with van der Waals surface area (Å²) in [5.74, 6) is 0.791. The van der Waals surface area contributed by atoms with Gasteiger partial charge in [0, 0.05) is 31.4 Å². The maximum Gasteiger partial charge on any atom is 0.333 e. The van der Waals surface area contributed by atoms with Crippen LogP contribution in [0.4, 0.5) is 20.5 Å². The van der Waals surface area contributed by atoms with E-state index >= 15 is 0 Å². The molecular weight excluding hydrogens is 363 g/mol. The molecule has 0 bridgehead atoms. The smallest absolute Gasteiger partial charge is 0.333 e. The summed E-state index contributed by atoms with van der Waals surface area (Å²) in [6, 6.07) is 3.61. The van der Waals surface area contributed by atoms with Gasteiger partial charge in [0.1, 0.15) is 11.5 Å². The van der Waals surface area contributed by atoms with Crippen LogP contribution in [0, 0.1) is 0 Å². The van der Waals surface area contributed by atoms with Crippen molar-refractivity contribution in [1.29, 1.82) is 0 Å². The molecule has 3 N–H and O–H groups in total. The topological polar surface area (TPSA) is 84.9 Å². The maximum atomic E-state index is 12.6. The van der Waals surface area contributed by atoms with Crippen LogP contribution in [0.15, 0.2) is 18.3 Å². The first-order valence-corrected chi connectivity index (χ1v) is 6.97. The molecule has 1 fully saturated rings. The number of nitrogens with zero attached hydrogens (tertiary/aromatic N) is 5. The van der Waals surface area contributed by atoms with Crippen molar-refractivity contribution < 1.29 is 8.78 Å². The van der Waals surface area contributed by atoms with Crippen LogP contribution in [0.25, 0.3) is 11.4 Å². The summed E-state index contributed by atoms with van der Waals surface area (Å²) in [5.41, 5.74) is 6.54. The van der Waals surface area contributed by atoms with E-state index in [9.17, 15) is 8.78 Å². The number of hydrogen-bond acceptors (Lipinski definition) is 6. The lowest BCUT2D eigenvalue weighted by Crippen LogP contribution is -2.30. The van der Waals surface area contributed by atoms with Gasteiger partial charge < -0.3 is 16.0 Å². The highest BCUT2D eigenvalue weighted by molar-refractivity contribution is 5.85. The van der Waals surface area contributed by atoms with Crippen LogP contribution in [0.1, 0.15) is 13.0 Å². The highest BCUT2D eigenvalue weighted by Gasteiger charge is 2.23. The molecule has 24 heavy (non-hydrogen) atoms. The Balaban J connectivity index is 0.00000144. The lowest BCUT2D eigenvalue weighted by Gasteiger charge is -2.18. The van der Waals surface area contributed by atoms with Crippen LogP contribution < -0.4 is 16.0 Å². The van der Waals surface area contributed by atoms with Gasteiger partial charge in [0.15, 0.2) is 0 Å². The molecule has 1 unspecified atom stereocenters. The van der Waals surface area contributed by atoms with Gasteiger partial charge in [-0.1, -0.05) is 0 Å². The Hall–Kier alpha value is -1.71. The normalized spacial score (nSPS) is 16.8. The lowest BCUT2D eigenvalue weighted by atomic mass is 10.3. The first-order valence-electron chi connectivity index (χ1n) is 6.97. The van der Waals surface area contributed by atoms with E-state index in [2.05, 4.69) is 25.3 Å². The summed E-state index contributed by atoms with van der Waals surface area (Å²) in [6.07, 6.45) is 2.22. The SMILES string of the molecule is CNC1CCN(c2cc(-c3ccn(C(F)F)n3)nc(N)n2)C1.Cl.Cl. The Morgan fingerprint density at radius 2 is 2.04 bits per heavy atom. The van der Waals surface area contributed by atoms with E-state index in [1.165, 1.54) is 12.3 Å². The van der Waals surface area contributed by atoms with Gasteiger partial charge in [-0.25, -0.2) is 9.67 Å². The van der Waals surface area contributed by atoms with Gasteiger partial charge >= 0.3 is 6.55 Å². The third kappa shape index (κ3) is 4.22. The third-order valence-corrected chi connectivity index (χ3v) is 3.72. The fourth-order valence-corrected chi connectivity index (χ4v) is 2.53. The Morgan fingerprint density at radius 1 is 1.29 bits per heavy atom. The van der Waals surface area contributed by atoms with E-state index in [0.29, 0.717) is 27.9 Å². The number of alkyl halides is 2. The molecule has 3 heterocycles. The average Bonchev–Trinajstić information content (AvgIpc) is 3.16. The number of nitrogen functional groups attached to an aromatic ring is 1. The van der Waals surface area contributed by atoms with Gasteiger partial charge in [0.05, 0.1) is 5.69 Å². The molecule has 0 aromatic carbocycles. The van der Waals surface area contributed by atoms with Gasteiger partial charge in [0.2, 0.25) is 5.95 Å². The zero-order valence-corrected chi connectivity index (χ0v) is 14.5. The largest absolute Gasteiger partial charge is 0.368 e. The number of likely N-dealkylation sites (N-methyl/N-ethyl adjacent to an activating group) is 1. The van der Waals surface area contributed by atoms with Crippen LogP contribution in [0.5, 0.6) is 0 Å². The molecule has 0 radical (unpaired) electrons. The molecule has 2 aromatic rings. The van der Waals surface area contributed by atoms with Crippen molar-refractivity contribution >= 4 is 36.6 Å². The molecule has 0 spiro atoms. The number of anilines is 2. The molecular formula is C13H19Cl2F2N7. The Morgan fingerprint density at radius 3 is 2.62 bits per heavy atom. The first-order chi connectivity index (χ1) is 10.6. The van der Waals surface area contributed by atoms with Gasteiger partial charge in [-0.2, -0.15) is 18.9 Å². The van der Waals surface area contributed by atoms with Gasteiger partial charge in [-0.05, 0) is 19.5 Å². The number of nitrogens with two attached hydrogens (primary N) is 1. The maximum absolute atomic E-state index is 12.6. The lowest BCUT2D eigenvalue weighted by molar-refractivity contribution is 0.0568. The van der Waals surface area contributed by atoms with E-state index in [-0.39, 0.29) is 30.8 Å². The zero-order chi connectivity index (χ0) is 15.7. The summed E-state index contributed by atoms with van der Waals surface area (Å²) >= 11 is 0. The number of rotatable bonds is 4. The molecule has 3 rings (SSSR count). The fraction of sp³-hybridized carbons (Fsp3) is 0.462. The van der Waals surface area contributed by atoms with Crippen LogP contribution in [-0.2, 0) is 0 Å². The van der Waals surface area contributed by atoms with Gasteiger partial charge in [0.25, 0.3) is 0 Å². The van der Waals surface area contributed by atoms with Crippen molar-refractivity contribution in [3.63, 3.8) is 0 Å². The molecule has 0 amide bonds. The molecule has 1 aliphatic heterocycles. The van der Waals surface area contributed by atoms with Crippen LogP contribution in [0.2, 0.25) is 0 Å². The molecule has 0 saturated carbocycles. The van der Waals surface area contributed by atoms with E-state index in [1.807, 2.05) is 7.05 Å². The third-order valence-electron chi connectivity index (χ3n) is 3.72. The number of hydrogen-bond donors (Lipinski definition) is 2. The molecule has 134 valence electrons. The summed E-state index contributed by atoms with van der Waals surface area (Å²) in [6.45, 7) is -1.01. The second kappa shape index (κ2) is 8.41. The Labute approximate surface area is 150 Å². The second-order valence-corrected chi connectivity index (χ2v) is 5.15. The quantitative estimate of drug-likeness (QED) is 0.841. The van der Waals surface area contributed by atoms with Crippen molar-refractivity contribution in [2.45, 2.75) is 19.0 Å². The molecule has 0 aliphatic carbocycles.